The van der Waals surface area contributed by atoms with Gasteiger partial charge in [0.15, 0.2) is 11.2 Å². The fraction of sp³-hybridized carbons (Fsp3) is 0.762. The Balaban J connectivity index is 1.57. The highest BCUT2D eigenvalue weighted by atomic mass is 16.5. The molecule has 2 aromatic rings. The lowest BCUT2D eigenvalue weighted by Gasteiger charge is -2.42. The molecule has 1 aliphatic rings. The van der Waals surface area contributed by atoms with E-state index < -0.39 is 0 Å². The molecule has 30 heavy (non-hydrogen) atoms. The van der Waals surface area contributed by atoms with Crippen LogP contribution in [0.5, 0.6) is 5.88 Å². The van der Waals surface area contributed by atoms with Crippen LogP contribution in [-0.4, -0.2) is 74.2 Å². The molecule has 0 unspecified atom stereocenters. The number of nitrogens with zero attached hydrogens (tertiary/aromatic N) is 5. The van der Waals surface area contributed by atoms with E-state index in [-0.39, 0.29) is 17.2 Å². The lowest BCUT2D eigenvalue weighted by molar-refractivity contribution is 0.0615. The van der Waals surface area contributed by atoms with Crippen molar-refractivity contribution in [3.63, 3.8) is 0 Å². The first-order valence-corrected chi connectivity index (χ1v) is 11.2. The zero-order valence-electron chi connectivity index (χ0n) is 18.9. The average Bonchev–Trinajstić information content (AvgIpc) is 3.00. The third kappa shape index (κ3) is 5.51. The minimum atomic E-state index is -0.191. The maximum atomic E-state index is 12.5. The summed E-state index contributed by atoms with van der Waals surface area (Å²) in [5, 5.41) is 0. The van der Waals surface area contributed by atoms with Crippen molar-refractivity contribution >= 4 is 17.1 Å². The number of nitrogens with one attached hydrogen (secondary N) is 1. The maximum Gasteiger partial charge on any atom is 0.327 e. The van der Waals surface area contributed by atoms with Gasteiger partial charge in [-0.1, -0.05) is 13.3 Å². The van der Waals surface area contributed by atoms with E-state index in [1.54, 1.807) is 4.57 Å². The summed E-state index contributed by atoms with van der Waals surface area (Å²) in [7, 11) is 0. The summed E-state index contributed by atoms with van der Waals surface area (Å²) < 4.78 is 7.50. The van der Waals surface area contributed by atoms with E-state index in [9.17, 15) is 4.79 Å². The molecule has 1 saturated heterocycles. The van der Waals surface area contributed by atoms with E-state index in [0.29, 0.717) is 30.2 Å². The number of aryl methyl sites for hydroxylation is 1. The van der Waals surface area contributed by atoms with Crippen LogP contribution < -0.4 is 16.2 Å². The zero-order chi connectivity index (χ0) is 21.7. The number of aromatic nitrogens is 4. The number of piperazine rings is 1. The third-order valence-corrected chi connectivity index (χ3v) is 5.77. The Labute approximate surface area is 178 Å². The van der Waals surface area contributed by atoms with Crippen molar-refractivity contribution in [2.45, 2.75) is 65.5 Å². The molecule has 0 spiro atoms. The Morgan fingerprint density at radius 2 is 1.77 bits per heavy atom. The SMILES string of the molecule is CCCCOc1nc(N)nc2[nH]c(=O)n(CCCCN3CCN(C(C)(C)C)CC3)c12. The number of hydrogen-bond acceptors (Lipinski definition) is 7. The smallest absolute Gasteiger partial charge is 0.327 e. The van der Waals surface area contributed by atoms with Gasteiger partial charge in [-0.15, -0.1) is 0 Å². The molecule has 9 nitrogen and oxygen atoms in total. The number of anilines is 1. The van der Waals surface area contributed by atoms with E-state index in [0.717, 1.165) is 58.4 Å². The van der Waals surface area contributed by atoms with Gasteiger partial charge >= 0.3 is 5.69 Å². The number of imidazole rings is 1. The van der Waals surface area contributed by atoms with Crippen LogP contribution in [0.4, 0.5) is 5.95 Å². The van der Waals surface area contributed by atoms with E-state index >= 15 is 0 Å². The number of nitrogen functional groups attached to an aromatic ring is 1. The fourth-order valence-corrected chi connectivity index (χ4v) is 3.93. The van der Waals surface area contributed by atoms with Crippen molar-refractivity contribution in [2.75, 3.05) is 45.1 Å². The van der Waals surface area contributed by atoms with Crippen molar-refractivity contribution in [1.29, 1.82) is 0 Å². The van der Waals surface area contributed by atoms with E-state index in [2.05, 4.69) is 52.4 Å². The van der Waals surface area contributed by atoms with Gasteiger partial charge in [-0.05, 0) is 46.6 Å². The van der Waals surface area contributed by atoms with Crippen molar-refractivity contribution in [3.8, 4) is 5.88 Å². The average molecular weight is 420 g/mol. The van der Waals surface area contributed by atoms with Crippen LogP contribution in [0.1, 0.15) is 53.4 Å². The number of rotatable bonds is 9. The lowest BCUT2D eigenvalue weighted by Crippen LogP contribution is -2.53. The highest BCUT2D eigenvalue weighted by Gasteiger charge is 2.25. The van der Waals surface area contributed by atoms with E-state index in [1.165, 1.54) is 0 Å². The second-order valence-corrected chi connectivity index (χ2v) is 9.07. The number of ether oxygens (including phenoxy) is 1. The topological polar surface area (TPSA) is 105 Å². The maximum absolute atomic E-state index is 12.5. The predicted molar refractivity (Wildman–Crippen MR) is 120 cm³/mol. The first-order chi connectivity index (χ1) is 14.3. The molecule has 3 rings (SSSR count). The lowest BCUT2D eigenvalue weighted by atomic mass is 10.0. The molecule has 9 heteroatoms. The molecule has 3 N–H and O–H groups in total. The molecule has 0 aliphatic carbocycles. The number of fused-ring (bicyclic) bond motifs is 1. The van der Waals surface area contributed by atoms with Gasteiger partial charge in [0.25, 0.3) is 0 Å². The van der Waals surface area contributed by atoms with Gasteiger partial charge in [-0.25, -0.2) is 4.79 Å². The summed E-state index contributed by atoms with van der Waals surface area (Å²) in [6.45, 7) is 15.6. The van der Waals surface area contributed by atoms with Gasteiger partial charge in [-0.3, -0.25) is 14.5 Å². The molecular weight excluding hydrogens is 382 g/mol. The van der Waals surface area contributed by atoms with Gasteiger partial charge in [0, 0.05) is 38.3 Å². The molecule has 0 radical (unpaired) electrons. The largest absolute Gasteiger partial charge is 0.476 e. The third-order valence-electron chi connectivity index (χ3n) is 5.77. The van der Waals surface area contributed by atoms with Gasteiger partial charge in [0.05, 0.1) is 6.61 Å². The van der Waals surface area contributed by atoms with Crippen LogP contribution in [-0.2, 0) is 6.54 Å². The van der Waals surface area contributed by atoms with Crippen LogP contribution in [0, 0.1) is 0 Å². The standard InChI is InChI=1S/C21H37N7O2/c1-5-6-15-30-18-16-17(23-19(22)25-18)24-20(29)28(16)10-8-7-9-26-11-13-27(14-12-26)21(2,3)4/h5-15H2,1-4H3,(H3,22,23,24,25,29). The number of unbranched alkanes of at least 4 members (excludes halogenated alkanes) is 2. The number of nitrogens with two attached hydrogens (primary N) is 1. The minimum Gasteiger partial charge on any atom is -0.476 e. The van der Waals surface area contributed by atoms with Gasteiger partial charge in [0.2, 0.25) is 11.8 Å². The van der Waals surface area contributed by atoms with Crippen LogP contribution >= 0.6 is 0 Å². The molecule has 3 heterocycles. The normalized spacial score (nSPS) is 16.4. The number of H-pyrrole nitrogens is 1. The fourth-order valence-electron chi connectivity index (χ4n) is 3.93. The highest BCUT2D eigenvalue weighted by Crippen LogP contribution is 2.22. The Kier molecular flexibility index (Phi) is 7.36. The second-order valence-electron chi connectivity index (χ2n) is 9.07. The van der Waals surface area contributed by atoms with Gasteiger partial charge < -0.3 is 15.4 Å². The second kappa shape index (κ2) is 9.78. The quantitative estimate of drug-likeness (QED) is 0.600. The van der Waals surface area contributed by atoms with Crippen molar-refractivity contribution in [1.82, 2.24) is 29.3 Å². The van der Waals surface area contributed by atoms with Gasteiger partial charge in [0.1, 0.15) is 0 Å². The summed E-state index contributed by atoms with van der Waals surface area (Å²) in [4.78, 5) is 28.7. The molecule has 168 valence electrons. The van der Waals surface area contributed by atoms with Crippen molar-refractivity contribution < 1.29 is 4.74 Å². The van der Waals surface area contributed by atoms with Crippen molar-refractivity contribution in [3.05, 3.63) is 10.5 Å². The molecule has 0 amide bonds. The number of aromatic amines is 1. The van der Waals surface area contributed by atoms with Crippen LogP contribution in [0.2, 0.25) is 0 Å². The minimum absolute atomic E-state index is 0.108. The monoisotopic (exact) mass is 419 g/mol. The predicted octanol–water partition coefficient (Wildman–Crippen LogP) is 2.08. The Bertz CT molecular complexity index is 876. The summed E-state index contributed by atoms with van der Waals surface area (Å²) >= 11 is 0. The highest BCUT2D eigenvalue weighted by molar-refractivity contribution is 5.77. The van der Waals surface area contributed by atoms with Crippen LogP contribution in [0.25, 0.3) is 11.2 Å². The molecule has 0 saturated carbocycles. The van der Waals surface area contributed by atoms with E-state index in [4.69, 9.17) is 10.5 Å². The molecule has 1 fully saturated rings. The molecule has 0 atom stereocenters. The van der Waals surface area contributed by atoms with E-state index in [1.807, 2.05) is 0 Å². The summed E-state index contributed by atoms with van der Waals surface area (Å²) in [5.41, 5.74) is 6.89. The first-order valence-electron chi connectivity index (χ1n) is 11.2. The Morgan fingerprint density at radius 3 is 2.43 bits per heavy atom. The molecule has 0 aromatic carbocycles. The summed E-state index contributed by atoms with van der Waals surface area (Å²) in [6.07, 6.45) is 3.89. The van der Waals surface area contributed by atoms with Crippen molar-refractivity contribution in [2.24, 2.45) is 0 Å². The van der Waals surface area contributed by atoms with Crippen LogP contribution in [0.3, 0.4) is 0 Å². The van der Waals surface area contributed by atoms with Crippen LogP contribution in [0.15, 0.2) is 4.79 Å². The van der Waals surface area contributed by atoms with Gasteiger partial charge in [-0.2, -0.15) is 9.97 Å². The molecule has 0 bridgehead atoms. The number of hydrogen-bond donors (Lipinski definition) is 2. The Hall–Kier alpha value is -2.13. The Morgan fingerprint density at radius 1 is 1.07 bits per heavy atom. The summed E-state index contributed by atoms with van der Waals surface area (Å²) in [6, 6.07) is 0. The molecular formula is C21H37N7O2. The summed E-state index contributed by atoms with van der Waals surface area (Å²) in [5.74, 6) is 0.499. The molecule has 2 aromatic heterocycles. The first kappa shape index (κ1) is 22.6. The molecule has 1 aliphatic heterocycles. The zero-order valence-corrected chi connectivity index (χ0v) is 18.9.